The molecule has 0 N–H and O–H groups in total. The van der Waals surface area contributed by atoms with Gasteiger partial charge in [-0.3, -0.25) is 4.79 Å². The molecule has 3 rings (SSSR count). The first-order chi connectivity index (χ1) is 10.2. The van der Waals surface area contributed by atoms with E-state index in [1.54, 1.807) is 16.0 Å². The molecule has 0 spiro atoms. The molecule has 0 aliphatic rings. The highest BCUT2D eigenvalue weighted by Crippen LogP contribution is 2.20. The highest BCUT2D eigenvalue weighted by atomic mass is 32.1. The van der Waals surface area contributed by atoms with E-state index in [0.29, 0.717) is 12.1 Å². The van der Waals surface area contributed by atoms with Crippen LogP contribution in [0.1, 0.15) is 32.2 Å². The molecule has 2 aromatic heterocycles. The Hall–Kier alpha value is -2.27. The highest BCUT2D eigenvalue weighted by Gasteiger charge is 2.15. The van der Waals surface area contributed by atoms with Crippen LogP contribution in [0.2, 0.25) is 0 Å². The summed E-state index contributed by atoms with van der Waals surface area (Å²) >= 11 is 1.67. The van der Waals surface area contributed by atoms with Gasteiger partial charge in [0.15, 0.2) is 6.29 Å². The first-order valence-corrected chi connectivity index (χ1v) is 7.57. The lowest BCUT2D eigenvalue weighted by Gasteiger charge is -2.08. The van der Waals surface area contributed by atoms with Crippen LogP contribution in [0.25, 0.3) is 5.69 Å². The SMILES string of the molecule is Cc1ccc(-n2nnc(C=O)c2Cc2cccs2)cc1C. The van der Waals surface area contributed by atoms with Gasteiger partial charge < -0.3 is 0 Å². The number of aryl methyl sites for hydroxylation is 2. The molecule has 0 unspecified atom stereocenters. The van der Waals surface area contributed by atoms with Crippen molar-refractivity contribution >= 4 is 17.6 Å². The largest absolute Gasteiger partial charge is 0.296 e. The molecule has 0 bridgehead atoms. The second-order valence-electron chi connectivity index (χ2n) is 4.98. The lowest BCUT2D eigenvalue weighted by Crippen LogP contribution is -2.04. The Labute approximate surface area is 127 Å². The Morgan fingerprint density at radius 3 is 2.76 bits per heavy atom. The van der Waals surface area contributed by atoms with Crippen LogP contribution >= 0.6 is 11.3 Å². The van der Waals surface area contributed by atoms with Gasteiger partial charge in [-0.15, -0.1) is 16.4 Å². The fraction of sp³-hybridized carbons (Fsp3) is 0.188. The van der Waals surface area contributed by atoms with Crippen molar-refractivity contribution in [3.05, 3.63) is 63.1 Å². The molecule has 0 atom stereocenters. The number of carbonyl (C=O) groups is 1. The van der Waals surface area contributed by atoms with Crippen molar-refractivity contribution in [1.29, 1.82) is 0 Å². The quantitative estimate of drug-likeness (QED) is 0.694. The van der Waals surface area contributed by atoms with E-state index in [2.05, 4.69) is 42.4 Å². The molecular weight excluding hydrogens is 282 g/mol. The number of hydrogen-bond donors (Lipinski definition) is 0. The van der Waals surface area contributed by atoms with Gasteiger partial charge in [-0.25, -0.2) is 4.68 Å². The minimum atomic E-state index is 0.404. The Kier molecular flexibility index (Phi) is 3.66. The average molecular weight is 297 g/mol. The first kappa shape index (κ1) is 13.7. The van der Waals surface area contributed by atoms with Crippen LogP contribution < -0.4 is 0 Å². The van der Waals surface area contributed by atoms with E-state index in [4.69, 9.17) is 0 Å². The van der Waals surface area contributed by atoms with Crippen LogP contribution in [-0.2, 0) is 6.42 Å². The molecule has 0 aliphatic heterocycles. The van der Waals surface area contributed by atoms with Crippen LogP contribution in [0.4, 0.5) is 0 Å². The molecule has 106 valence electrons. The summed E-state index contributed by atoms with van der Waals surface area (Å²) in [6, 6.07) is 10.2. The van der Waals surface area contributed by atoms with Gasteiger partial charge in [-0.1, -0.05) is 17.3 Å². The van der Waals surface area contributed by atoms with E-state index in [-0.39, 0.29) is 0 Å². The van der Waals surface area contributed by atoms with Gasteiger partial charge in [-0.05, 0) is 48.6 Å². The smallest absolute Gasteiger partial charge is 0.172 e. The molecule has 0 amide bonds. The van der Waals surface area contributed by atoms with Crippen molar-refractivity contribution in [2.75, 3.05) is 0 Å². The van der Waals surface area contributed by atoms with Crippen LogP contribution in [0.5, 0.6) is 0 Å². The molecule has 2 heterocycles. The van der Waals surface area contributed by atoms with Crippen LogP contribution in [0.3, 0.4) is 0 Å². The van der Waals surface area contributed by atoms with Crippen LogP contribution in [0, 0.1) is 13.8 Å². The summed E-state index contributed by atoms with van der Waals surface area (Å²) in [6.07, 6.45) is 1.43. The number of hydrogen-bond acceptors (Lipinski definition) is 4. The van der Waals surface area contributed by atoms with Crippen molar-refractivity contribution < 1.29 is 4.79 Å². The number of carbonyl (C=O) groups excluding carboxylic acids is 1. The Balaban J connectivity index is 2.07. The van der Waals surface area contributed by atoms with Crippen LogP contribution in [-0.4, -0.2) is 21.3 Å². The van der Waals surface area contributed by atoms with Gasteiger partial charge in [0.2, 0.25) is 0 Å². The topological polar surface area (TPSA) is 47.8 Å². The fourth-order valence-corrected chi connectivity index (χ4v) is 2.92. The summed E-state index contributed by atoms with van der Waals surface area (Å²) in [5.74, 6) is 0. The fourth-order valence-electron chi connectivity index (χ4n) is 2.21. The predicted molar refractivity (Wildman–Crippen MR) is 83.3 cm³/mol. The molecule has 0 saturated heterocycles. The molecule has 0 radical (unpaired) electrons. The third kappa shape index (κ3) is 2.64. The molecule has 3 aromatic rings. The molecule has 0 saturated carbocycles. The monoisotopic (exact) mass is 297 g/mol. The Morgan fingerprint density at radius 1 is 1.24 bits per heavy atom. The molecule has 21 heavy (non-hydrogen) atoms. The van der Waals surface area contributed by atoms with E-state index < -0.39 is 0 Å². The van der Waals surface area contributed by atoms with Crippen molar-refractivity contribution in [3.8, 4) is 5.69 Å². The van der Waals surface area contributed by atoms with Crippen molar-refractivity contribution in [1.82, 2.24) is 15.0 Å². The zero-order valence-corrected chi connectivity index (χ0v) is 12.7. The zero-order chi connectivity index (χ0) is 14.8. The summed E-state index contributed by atoms with van der Waals surface area (Å²) in [4.78, 5) is 12.4. The van der Waals surface area contributed by atoms with E-state index in [9.17, 15) is 4.79 Å². The normalized spacial score (nSPS) is 10.8. The molecule has 1 aromatic carbocycles. The lowest BCUT2D eigenvalue weighted by molar-refractivity contribution is 0.111. The van der Waals surface area contributed by atoms with Gasteiger partial charge >= 0.3 is 0 Å². The van der Waals surface area contributed by atoms with Crippen molar-refractivity contribution in [2.45, 2.75) is 20.3 Å². The summed E-state index contributed by atoms with van der Waals surface area (Å²) in [5, 5.41) is 10.2. The van der Waals surface area contributed by atoms with Gasteiger partial charge in [0, 0.05) is 11.3 Å². The number of nitrogens with zero attached hydrogens (tertiary/aromatic N) is 3. The lowest BCUT2D eigenvalue weighted by atomic mass is 10.1. The summed E-state index contributed by atoms with van der Waals surface area (Å²) in [6.45, 7) is 4.14. The molecular formula is C16H15N3OS. The molecule has 0 aliphatic carbocycles. The summed E-state index contributed by atoms with van der Waals surface area (Å²) < 4.78 is 1.76. The maximum atomic E-state index is 11.2. The van der Waals surface area contributed by atoms with Crippen molar-refractivity contribution in [3.63, 3.8) is 0 Å². The Morgan fingerprint density at radius 2 is 2.10 bits per heavy atom. The van der Waals surface area contributed by atoms with Gasteiger partial charge in [-0.2, -0.15) is 0 Å². The standard InChI is InChI=1S/C16H15N3OS/c1-11-5-6-13(8-12(11)2)19-16(15(10-20)17-18-19)9-14-4-3-7-21-14/h3-8,10H,9H2,1-2H3. The zero-order valence-electron chi connectivity index (χ0n) is 11.9. The minimum Gasteiger partial charge on any atom is -0.296 e. The summed E-state index contributed by atoms with van der Waals surface area (Å²) in [7, 11) is 0. The number of aldehydes is 1. The van der Waals surface area contributed by atoms with Gasteiger partial charge in [0.1, 0.15) is 5.69 Å². The number of benzene rings is 1. The van der Waals surface area contributed by atoms with E-state index in [0.717, 1.165) is 17.7 Å². The van der Waals surface area contributed by atoms with Gasteiger partial charge in [0.25, 0.3) is 0 Å². The Bertz CT molecular complexity index is 775. The second kappa shape index (κ2) is 5.61. The van der Waals surface area contributed by atoms with E-state index in [1.165, 1.54) is 16.0 Å². The second-order valence-corrected chi connectivity index (χ2v) is 6.01. The predicted octanol–water partition coefficient (Wildman–Crippen LogP) is 3.35. The van der Waals surface area contributed by atoms with E-state index >= 15 is 0 Å². The van der Waals surface area contributed by atoms with Crippen LogP contribution in [0.15, 0.2) is 35.7 Å². The number of rotatable bonds is 4. The third-order valence-corrected chi connectivity index (χ3v) is 4.44. The third-order valence-electron chi connectivity index (χ3n) is 3.56. The molecule has 0 fully saturated rings. The average Bonchev–Trinajstić information content (AvgIpc) is 3.12. The summed E-state index contributed by atoms with van der Waals surface area (Å²) in [5.41, 5.74) is 4.59. The maximum Gasteiger partial charge on any atom is 0.172 e. The first-order valence-electron chi connectivity index (χ1n) is 6.69. The molecule has 5 heteroatoms. The van der Waals surface area contributed by atoms with Crippen molar-refractivity contribution in [2.24, 2.45) is 0 Å². The minimum absolute atomic E-state index is 0.404. The molecule has 4 nitrogen and oxygen atoms in total. The maximum absolute atomic E-state index is 11.2. The highest BCUT2D eigenvalue weighted by molar-refractivity contribution is 7.09. The number of thiophene rings is 1. The van der Waals surface area contributed by atoms with Gasteiger partial charge in [0.05, 0.1) is 11.4 Å². The number of aromatic nitrogens is 3. The van der Waals surface area contributed by atoms with E-state index in [1.807, 2.05) is 17.5 Å².